The lowest BCUT2D eigenvalue weighted by atomic mass is 9.99. The van der Waals surface area contributed by atoms with Crippen molar-refractivity contribution in [3.05, 3.63) is 64.7 Å². The summed E-state index contributed by atoms with van der Waals surface area (Å²) in [5, 5.41) is 0.617. The molecule has 20 heavy (non-hydrogen) atoms. The van der Waals surface area contributed by atoms with Gasteiger partial charge >= 0.3 is 6.61 Å². The molecule has 106 valence electrons. The van der Waals surface area contributed by atoms with Crippen molar-refractivity contribution in [2.75, 3.05) is 0 Å². The second kappa shape index (κ2) is 6.68. The van der Waals surface area contributed by atoms with Gasteiger partial charge in [-0.2, -0.15) is 8.78 Å². The number of hydrogen-bond acceptors (Lipinski definition) is 2. The summed E-state index contributed by atoms with van der Waals surface area (Å²) < 4.78 is 29.2. The van der Waals surface area contributed by atoms with Crippen molar-refractivity contribution in [3.8, 4) is 5.75 Å². The van der Waals surface area contributed by atoms with Crippen LogP contribution in [0, 0.1) is 0 Å². The zero-order valence-corrected chi connectivity index (χ0v) is 11.4. The third-order valence-corrected chi connectivity index (χ3v) is 3.11. The molecule has 2 rings (SSSR count). The number of benzene rings is 2. The third-order valence-electron chi connectivity index (χ3n) is 2.88. The number of halogens is 3. The van der Waals surface area contributed by atoms with Crippen LogP contribution in [-0.4, -0.2) is 6.61 Å². The lowest BCUT2D eigenvalue weighted by molar-refractivity contribution is -0.0506. The Morgan fingerprint density at radius 3 is 2.55 bits per heavy atom. The lowest BCUT2D eigenvalue weighted by Crippen LogP contribution is -2.16. The molecule has 0 fully saturated rings. The first kappa shape index (κ1) is 14.8. The van der Waals surface area contributed by atoms with Crippen LogP contribution in [0.15, 0.2) is 48.5 Å². The molecule has 2 aromatic rings. The Bertz CT molecular complexity index is 577. The van der Waals surface area contributed by atoms with Crippen molar-refractivity contribution < 1.29 is 13.5 Å². The maximum absolute atomic E-state index is 12.4. The van der Waals surface area contributed by atoms with Crippen molar-refractivity contribution in [1.82, 2.24) is 0 Å². The molecule has 0 radical (unpaired) electrons. The Hall–Kier alpha value is -1.65. The van der Waals surface area contributed by atoms with Crippen LogP contribution >= 0.6 is 11.6 Å². The molecule has 0 aromatic heterocycles. The molecule has 2 nitrogen and oxygen atoms in total. The van der Waals surface area contributed by atoms with Crippen molar-refractivity contribution in [3.63, 3.8) is 0 Å². The fraction of sp³-hybridized carbons (Fsp3) is 0.200. The van der Waals surface area contributed by atoms with E-state index in [9.17, 15) is 8.78 Å². The van der Waals surface area contributed by atoms with Crippen molar-refractivity contribution >= 4 is 11.6 Å². The number of alkyl halides is 2. The van der Waals surface area contributed by atoms with Gasteiger partial charge < -0.3 is 10.5 Å². The van der Waals surface area contributed by atoms with Crippen LogP contribution in [0.25, 0.3) is 0 Å². The SMILES string of the molecule is NC(Cc1cccc(Cl)c1)c1ccccc1OC(F)F. The minimum absolute atomic E-state index is 0.108. The summed E-state index contributed by atoms with van der Waals surface area (Å²) >= 11 is 5.91. The zero-order valence-electron chi connectivity index (χ0n) is 10.6. The molecule has 0 heterocycles. The fourth-order valence-electron chi connectivity index (χ4n) is 2.02. The highest BCUT2D eigenvalue weighted by Gasteiger charge is 2.15. The van der Waals surface area contributed by atoms with E-state index in [1.54, 1.807) is 30.3 Å². The average Bonchev–Trinajstić information content (AvgIpc) is 2.38. The van der Waals surface area contributed by atoms with Crippen LogP contribution in [0.5, 0.6) is 5.75 Å². The van der Waals surface area contributed by atoms with Gasteiger partial charge in [-0.1, -0.05) is 41.9 Å². The molecule has 1 unspecified atom stereocenters. The first-order chi connectivity index (χ1) is 9.56. The second-order valence-electron chi connectivity index (χ2n) is 4.36. The first-order valence-electron chi connectivity index (χ1n) is 6.10. The molecule has 0 spiro atoms. The highest BCUT2D eigenvalue weighted by Crippen LogP contribution is 2.27. The van der Waals surface area contributed by atoms with Gasteiger partial charge in [-0.3, -0.25) is 0 Å². The first-order valence-corrected chi connectivity index (χ1v) is 6.48. The summed E-state index contributed by atoms with van der Waals surface area (Å²) in [6.45, 7) is -2.87. The summed E-state index contributed by atoms with van der Waals surface area (Å²) in [5.41, 5.74) is 7.58. The van der Waals surface area contributed by atoms with Crippen LogP contribution in [0.2, 0.25) is 5.02 Å². The molecule has 5 heteroatoms. The van der Waals surface area contributed by atoms with E-state index in [1.807, 2.05) is 12.1 Å². The topological polar surface area (TPSA) is 35.2 Å². The largest absolute Gasteiger partial charge is 0.434 e. The van der Waals surface area contributed by atoms with Gasteiger partial charge in [-0.25, -0.2) is 0 Å². The van der Waals surface area contributed by atoms with E-state index in [1.165, 1.54) is 6.07 Å². The Kier molecular flexibility index (Phi) is 4.93. The van der Waals surface area contributed by atoms with Gasteiger partial charge in [-0.05, 0) is 30.2 Å². The minimum atomic E-state index is -2.87. The monoisotopic (exact) mass is 297 g/mol. The van der Waals surface area contributed by atoms with E-state index >= 15 is 0 Å². The van der Waals surface area contributed by atoms with Crippen LogP contribution < -0.4 is 10.5 Å². The van der Waals surface area contributed by atoms with Crippen LogP contribution in [0.4, 0.5) is 8.78 Å². The van der Waals surface area contributed by atoms with Crippen molar-refractivity contribution in [1.29, 1.82) is 0 Å². The summed E-state index contributed by atoms with van der Waals surface area (Å²) in [6.07, 6.45) is 0.490. The maximum atomic E-state index is 12.4. The molecular formula is C15H14ClF2NO. The van der Waals surface area contributed by atoms with Gasteiger partial charge in [0.1, 0.15) is 5.75 Å². The normalized spacial score (nSPS) is 12.4. The van der Waals surface area contributed by atoms with Gasteiger partial charge in [0.05, 0.1) is 0 Å². The quantitative estimate of drug-likeness (QED) is 0.898. The van der Waals surface area contributed by atoms with Gasteiger partial charge in [0.2, 0.25) is 0 Å². The molecular weight excluding hydrogens is 284 g/mol. The summed E-state index contributed by atoms with van der Waals surface area (Å²) in [4.78, 5) is 0. The summed E-state index contributed by atoms with van der Waals surface area (Å²) in [7, 11) is 0. The molecule has 0 saturated heterocycles. The molecule has 2 N–H and O–H groups in total. The second-order valence-corrected chi connectivity index (χ2v) is 4.79. The molecule has 0 aliphatic rings. The molecule has 0 aliphatic carbocycles. The van der Waals surface area contributed by atoms with Gasteiger partial charge in [0, 0.05) is 16.6 Å². The highest BCUT2D eigenvalue weighted by atomic mass is 35.5. The van der Waals surface area contributed by atoms with Gasteiger partial charge in [0.15, 0.2) is 0 Å². The number of rotatable bonds is 5. The molecule has 1 atom stereocenters. The summed E-state index contributed by atoms with van der Waals surface area (Å²) in [5.74, 6) is 0.108. The number of hydrogen-bond donors (Lipinski definition) is 1. The number of ether oxygens (including phenoxy) is 1. The van der Waals surface area contributed by atoms with E-state index < -0.39 is 12.7 Å². The van der Waals surface area contributed by atoms with Crippen LogP contribution in [0.1, 0.15) is 17.2 Å². The molecule has 0 bridgehead atoms. The zero-order chi connectivity index (χ0) is 14.5. The highest BCUT2D eigenvalue weighted by molar-refractivity contribution is 6.30. The third kappa shape index (κ3) is 3.92. The van der Waals surface area contributed by atoms with Crippen LogP contribution in [-0.2, 0) is 6.42 Å². The van der Waals surface area contributed by atoms with Gasteiger partial charge in [0.25, 0.3) is 0 Å². The molecule has 0 amide bonds. The Labute approximate surface area is 121 Å². The fourth-order valence-corrected chi connectivity index (χ4v) is 2.23. The standard InChI is InChI=1S/C15H14ClF2NO/c16-11-5-3-4-10(8-11)9-13(19)12-6-1-2-7-14(12)20-15(17)18/h1-8,13,15H,9,19H2. The number of nitrogens with two attached hydrogens (primary N) is 1. The molecule has 2 aromatic carbocycles. The maximum Gasteiger partial charge on any atom is 0.387 e. The van der Waals surface area contributed by atoms with E-state index in [0.717, 1.165) is 5.56 Å². The predicted molar refractivity (Wildman–Crippen MR) is 75.2 cm³/mol. The summed E-state index contributed by atoms with van der Waals surface area (Å²) in [6, 6.07) is 13.4. The van der Waals surface area contributed by atoms with Crippen molar-refractivity contribution in [2.45, 2.75) is 19.1 Å². The Morgan fingerprint density at radius 2 is 1.85 bits per heavy atom. The van der Waals surface area contributed by atoms with Crippen molar-refractivity contribution in [2.24, 2.45) is 5.73 Å². The predicted octanol–water partition coefficient (Wildman–Crippen LogP) is 4.18. The van der Waals surface area contributed by atoms with Crippen LogP contribution in [0.3, 0.4) is 0 Å². The van der Waals surface area contributed by atoms with E-state index in [2.05, 4.69) is 4.74 Å². The minimum Gasteiger partial charge on any atom is -0.434 e. The van der Waals surface area contributed by atoms with Gasteiger partial charge in [-0.15, -0.1) is 0 Å². The van der Waals surface area contributed by atoms with E-state index in [4.69, 9.17) is 17.3 Å². The molecule has 0 aliphatic heterocycles. The van der Waals surface area contributed by atoms with E-state index in [-0.39, 0.29) is 5.75 Å². The lowest BCUT2D eigenvalue weighted by Gasteiger charge is -2.16. The Balaban J connectivity index is 2.18. The molecule has 0 saturated carbocycles. The Morgan fingerprint density at radius 1 is 1.10 bits per heavy atom. The van der Waals surface area contributed by atoms with E-state index in [0.29, 0.717) is 17.0 Å². The number of para-hydroxylation sites is 1. The average molecular weight is 298 g/mol. The smallest absolute Gasteiger partial charge is 0.387 e.